The van der Waals surface area contributed by atoms with Crippen molar-refractivity contribution >= 4 is 28.1 Å². The number of rotatable bonds is 8. The average molecular weight is 272 g/mol. The van der Waals surface area contributed by atoms with E-state index in [9.17, 15) is 0 Å². The van der Waals surface area contributed by atoms with Gasteiger partial charge in [-0.15, -0.1) is 0 Å². The smallest absolute Gasteiger partial charge is 0.185 e. The monoisotopic (exact) mass is 271 g/mol. The molecule has 1 aromatic rings. The van der Waals surface area contributed by atoms with E-state index >= 15 is 0 Å². The highest BCUT2D eigenvalue weighted by atomic mass is 35.5. The lowest BCUT2D eigenvalue weighted by Gasteiger charge is -2.02. The zero-order chi connectivity index (χ0) is 12.5. The maximum absolute atomic E-state index is 8.73. The number of aromatic nitrogens is 1. The fourth-order valence-electron chi connectivity index (χ4n) is 1.55. The fourth-order valence-corrected chi connectivity index (χ4v) is 2.52. The molecule has 1 heterocycles. The summed E-state index contributed by atoms with van der Waals surface area (Å²) in [5.41, 5.74) is 0. The van der Waals surface area contributed by atoms with Gasteiger partial charge in [-0.2, -0.15) is 5.26 Å². The molecule has 1 aromatic heterocycles. The molecule has 0 aliphatic heterocycles. The molecule has 1 rings (SSSR count). The maximum Gasteiger partial charge on any atom is 0.185 e. The summed E-state index contributed by atoms with van der Waals surface area (Å²) in [6.07, 6.45) is 7.64. The summed E-state index contributed by atoms with van der Waals surface area (Å²) in [4.78, 5) is 4.56. The Bertz CT molecular complexity index is 370. The van der Waals surface area contributed by atoms with Crippen LogP contribution in [0.4, 0.5) is 5.13 Å². The van der Waals surface area contributed by atoms with Gasteiger partial charge in [0.05, 0.1) is 0 Å². The van der Waals surface area contributed by atoms with Crippen molar-refractivity contribution in [3.63, 3.8) is 0 Å². The third-order valence-corrected chi connectivity index (χ3v) is 3.80. The van der Waals surface area contributed by atoms with Crippen molar-refractivity contribution in [1.29, 1.82) is 5.26 Å². The lowest BCUT2D eigenvalue weighted by atomic mass is 10.1. The van der Waals surface area contributed by atoms with Crippen molar-refractivity contribution in [3.05, 3.63) is 10.0 Å². The van der Waals surface area contributed by atoms with Gasteiger partial charge < -0.3 is 5.32 Å². The number of anilines is 1. The van der Waals surface area contributed by atoms with Crippen molar-refractivity contribution in [1.82, 2.24) is 4.98 Å². The molecule has 0 saturated heterocycles. The Morgan fingerprint density at radius 3 is 2.65 bits per heavy atom. The van der Waals surface area contributed by atoms with Crippen LogP contribution in [0, 0.1) is 11.3 Å². The van der Waals surface area contributed by atoms with E-state index in [1.54, 1.807) is 0 Å². The Hall–Kier alpha value is -0.790. The van der Waals surface area contributed by atoms with E-state index in [4.69, 9.17) is 16.9 Å². The predicted molar refractivity (Wildman–Crippen MR) is 73.7 cm³/mol. The number of hydrogen-bond acceptors (Lipinski definition) is 4. The predicted octanol–water partition coefficient (Wildman–Crippen LogP) is 4.44. The topological polar surface area (TPSA) is 48.7 Å². The molecular formula is C12H18ClN3S. The molecule has 0 unspecified atom stereocenters. The van der Waals surface area contributed by atoms with E-state index in [1.165, 1.54) is 43.4 Å². The number of nitrogens with zero attached hydrogens (tertiary/aromatic N) is 2. The van der Waals surface area contributed by atoms with Crippen molar-refractivity contribution in [2.24, 2.45) is 0 Å². The Labute approximate surface area is 112 Å². The standard InChI is InChI=1S/C12H18ClN3S/c1-2-3-4-5-6-7-8-15-12-16-11(13)10(9-14)17-12/h2-8H2,1H3,(H,15,16). The van der Waals surface area contributed by atoms with E-state index in [-0.39, 0.29) is 0 Å². The molecule has 17 heavy (non-hydrogen) atoms. The zero-order valence-corrected chi connectivity index (χ0v) is 11.7. The van der Waals surface area contributed by atoms with Gasteiger partial charge in [0, 0.05) is 6.54 Å². The van der Waals surface area contributed by atoms with Gasteiger partial charge in [-0.1, -0.05) is 62.0 Å². The molecule has 0 saturated carbocycles. The first kappa shape index (κ1) is 14.3. The molecule has 1 N–H and O–H groups in total. The Kier molecular flexibility index (Phi) is 6.99. The molecule has 0 aliphatic carbocycles. The van der Waals surface area contributed by atoms with E-state index in [1.807, 2.05) is 6.07 Å². The number of hydrogen-bond donors (Lipinski definition) is 1. The summed E-state index contributed by atoms with van der Waals surface area (Å²) in [5, 5.41) is 13.0. The minimum atomic E-state index is 0.308. The highest BCUT2D eigenvalue weighted by molar-refractivity contribution is 7.16. The normalized spacial score (nSPS) is 10.2. The first-order chi connectivity index (χ1) is 8.27. The van der Waals surface area contributed by atoms with E-state index in [2.05, 4.69) is 17.2 Å². The third kappa shape index (κ3) is 5.38. The zero-order valence-electron chi connectivity index (χ0n) is 10.1. The summed E-state index contributed by atoms with van der Waals surface area (Å²) >= 11 is 7.10. The minimum Gasteiger partial charge on any atom is -0.361 e. The van der Waals surface area contributed by atoms with E-state index in [0.717, 1.165) is 18.1 Å². The maximum atomic E-state index is 8.73. The van der Waals surface area contributed by atoms with E-state index < -0.39 is 0 Å². The lowest BCUT2D eigenvalue weighted by Crippen LogP contribution is -2.00. The second-order valence-corrected chi connectivity index (χ2v) is 5.30. The van der Waals surface area contributed by atoms with Crippen LogP contribution in [0.1, 0.15) is 50.3 Å². The number of unbranched alkanes of at least 4 members (excludes halogenated alkanes) is 5. The van der Waals surface area contributed by atoms with Crippen molar-refractivity contribution in [2.75, 3.05) is 11.9 Å². The summed E-state index contributed by atoms with van der Waals surface area (Å²) in [6.45, 7) is 3.13. The van der Waals surface area contributed by atoms with Gasteiger partial charge in [0.25, 0.3) is 0 Å². The molecule has 94 valence electrons. The Morgan fingerprint density at radius 2 is 2.00 bits per heavy atom. The highest BCUT2D eigenvalue weighted by Gasteiger charge is 2.07. The van der Waals surface area contributed by atoms with Crippen molar-refractivity contribution in [2.45, 2.75) is 45.4 Å². The lowest BCUT2D eigenvalue weighted by molar-refractivity contribution is 0.617. The molecule has 3 nitrogen and oxygen atoms in total. The summed E-state index contributed by atoms with van der Waals surface area (Å²) in [7, 11) is 0. The molecule has 0 amide bonds. The van der Waals surface area contributed by atoms with Crippen LogP contribution in [-0.4, -0.2) is 11.5 Å². The van der Waals surface area contributed by atoms with Crippen LogP contribution in [0.3, 0.4) is 0 Å². The largest absolute Gasteiger partial charge is 0.361 e. The van der Waals surface area contributed by atoms with Crippen LogP contribution in [0.5, 0.6) is 0 Å². The number of nitriles is 1. The summed E-state index contributed by atoms with van der Waals surface area (Å²) < 4.78 is 0. The number of thiazole rings is 1. The van der Waals surface area contributed by atoms with Crippen LogP contribution < -0.4 is 5.32 Å². The van der Waals surface area contributed by atoms with Crippen LogP contribution in [0.25, 0.3) is 0 Å². The molecule has 0 aliphatic rings. The van der Waals surface area contributed by atoms with E-state index in [0.29, 0.717) is 10.0 Å². The van der Waals surface area contributed by atoms with Gasteiger partial charge >= 0.3 is 0 Å². The number of halogens is 1. The van der Waals surface area contributed by atoms with Crippen molar-refractivity contribution in [3.8, 4) is 6.07 Å². The van der Waals surface area contributed by atoms with Crippen LogP contribution >= 0.6 is 22.9 Å². The van der Waals surface area contributed by atoms with Gasteiger partial charge in [0.15, 0.2) is 10.3 Å². The van der Waals surface area contributed by atoms with Gasteiger partial charge in [-0.05, 0) is 6.42 Å². The average Bonchev–Trinajstić information content (AvgIpc) is 2.68. The molecule has 0 fully saturated rings. The van der Waals surface area contributed by atoms with Crippen molar-refractivity contribution < 1.29 is 0 Å². The first-order valence-electron chi connectivity index (χ1n) is 6.08. The Morgan fingerprint density at radius 1 is 1.29 bits per heavy atom. The molecule has 0 aromatic carbocycles. The first-order valence-corrected chi connectivity index (χ1v) is 7.27. The molecule has 0 spiro atoms. The molecular weight excluding hydrogens is 254 g/mol. The highest BCUT2D eigenvalue weighted by Crippen LogP contribution is 2.25. The molecule has 0 atom stereocenters. The van der Waals surface area contributed by atoms with Crippen LogP contribution in [0.15, 0.2) is 0 Å². The third-order valence-electron chi connectivity index (χ3n) is 2.49. The SMILES string of the molecule is CCCCCCCCNc1nc(Cl)c(C#N)s1. The minimum absolute atomic E-state index is 0.308. The molecule has 0 radical (unpaired) electrons. The molecule has 5 heteroatoms. The summed E-state index contributed by atoms with van der Waals surface area (Å²) in [6, 6.07) is 2.02. The fraction of sp³-hybridized carbons (Fsp3) is 0.667. The van der Waals surface area contributed by atoms with Crippen LogP contribution in [-0.2, 0) is 0 Å². The second-order valence-electron chi connectivity index (χ2n) is 3.95. The second kappa shape index (κ2) is 8.32. The van der Waals surface area contributed by atoms with Gasteiger partial charge in [-0.3, -0.25) is 0 Å². The van der Waals surface area contributed by atoms with Gasteiger partial charge in [-0.25, -0.2) is 4.98 Å². The quantitative estimate of drug-likeness (QED) is 0.711. The van der Waals surface area contributed by atoms with Crippen LogP contribution in [0.2, 0.25) is 5.15 Å². The van der Waals surface area contributed by atoms with Gasteiger partial charge in [0.2, 0.25) is 0 Å². The Balaban J connectivity index is 2.12. The number of nitrogens with one attached hydrogen (secondary N) is 1. The van der Waals surface area contributed by atoms with Gasteiger partial charge in [0.1, 0.15) is 10.9 Å². The molecule has 0 bridgehead atoms. The summed E-state index contributed by atoms with van der Waals surface area (Å²) in [5.74, 6) is 0.